The predicted octanol–water partition coefficient (Wildman–Crippen LogP) is 2.78. The lowest BCUT2D eigenvalue weighted by Gasteiger charge is -2.16. The van der Waals surface area contributed by atoms with Crippen molar-refractivity contribution in [2.75, 3.05) is 6.54 Å². The van der Waals surface area contributed by atoms with E-state index in [-0.39, 0.29) is 0 Å². The standard InChI is InChI=1S/C14H22N4S/c1-5-6-15-12(8-14-16-9-17-18(14)4)13-7-10(2)11(3)19-13/h7,9,12,15H,5-6,8H2,1-4H3. The van der Waals surface area contributed by atoms with Crippen molar-refractivity contribution < 1.29 is 0 Å². The second-order valence-corrected chi connectivity index (χ2v) is 6.19. The highest BCUT2D eigenvalue weighted by Gasteiger charge is 2.17. The van der Waals surface area contributed by atoms with Gasteiger partial charge in [0.25, 0.3) is 0 Å². The third-order valence-electron chi connectivity index (χ3n) is 3.36. The third kappa shape index (κ3) is 3.42. The van der Waals surface area contributed by atoms with Crippen LogP contribution in [0.25, 0.3) is 0 Å². The fraction of sp³-hybridized carbons (Fsp3) is 0.571. The average Bonchev–Trinajstić information content (AvgIpc) is 2.92. The molecule has 4 nitrogen and oxygen atoms in total. The molecule has 0 saturated carbocycles. The summed E-state index contributed by atoms with van der Waals surface area (Å²) in [6.07, 6.45) is 3.64. The van der Waals surface area contributed by atoms with E-state index in [9.17, 15) is 0 Å². The zero-order valence-electron chi connectivity index (χ0n) is 12.1. The van der Waals surface area contributed by atoms with Crippen LogP contribution in [-0.4, -0.2) is 21.3 Å². The number of hydrogen-bond acceptors (Lipinski definition) is 4. The smallest absolute Gasteiger partial charge is 0.138 e. The number of aromatic nitrogens is 3. The van der Waals surface area contributed by atoms with Crippen LogP contribution in [0.15, 0.2) is 12.4 Å². The molecular formula is C14H22N4S. The average molecular weight is 278 g/mol. The summed E-state index contributed by atoms with van der Waals surface area (Å²) < 4.78 is 1.86. The van der Waals surface area contributed by atoms with Gasteiger partial charge in [0.05, 0.1) is 0 Å². The van der Waals surface area contributed by atoms with Crippen LogP contribution in [0.5, 0.6) is 0 Å². The van der Waals surface area contributed by atoms with Gasteiger partial charge in [-0.05, 0) is 38.4 Å². The number of thiophene rings is 1. The molecule has 1 unspecified atom stereocenters. The summed E-state index contributed by atoms with van der Waals surface area (Å²) in [4.78, 5) is 7.13. The molecule has 0 saturated heterocycles. The van der Waals surface area contributed by atoms with Crippen LogP contribution in [0.3, 0.4) is 0 Å². The lowest BCUT2D eigenvalue weighted by molar-refractivity contribution is 0.513. The Morgan fingerprint density at radius 1 is 1.42 bits per heavy atom. The first-order chi connectivity index (χ1) is 9.11. The van der Waals surface area contributed by atoms with E-state index < -0.39 is 0 Å². The van der Waals surface area contributed by atoms with Crippen molar-refractivity contribution in [1.29, 1.82) is 0 Å². The fourth-order valence-electron chi connectivity index (χ4n) is 2.05. The summed E-state index contributed by atoms with van der Waals surface area (Å²) in [5.41, 5.74) is 1.38. The first kappa shape index (κ1) is 14.2. The Morgan fingerprint density at radius 3 is 2.74 bits per heavy atom. The quantitative estimate of drug-likeness (QED) is 0.883. The summed E-state index contributed by atoms with van der Waals surface area (Å²) in [5, 5.41) is 7.77. The van der Waals surface area contributed by atoms with Crippen LogP contribution in [0.1, 0.15) is 40.5 Å². The number of nitrogens with zero attached hydrogens (tertiary/aromatic N) is 3. The molecule has 19 heavy (non-hydrogen) atoms. The van der Waals surface area contributed by atoms with Gasteiger partial charge in [-0.3, -0.25) is 4.68 Å². The zero-order valence-corrected chi connectivity index (χ0v) is 12.9. The Kier molecular flexibility index (Phi) is 4.71. The summed E-state index contributed by atoms with van der Waals surface area (Å²) in [6, 6.07) is 2.63. The van der Waals surface area contributed by atoms with Crippen LogP contribution in [-0.2, 0) is 13.5 Å². The highest BCUT2D eigenvalue weighted by molar-refractivity contribution is 7.12. The van der Waals surface area contributed by atoms with E-state index in [1.54, 1.807) is 6.33 Å². The Bertz CT molecular complexity index is 510. The van der Waals surface area contributed by atoms with Crippen LogP contribution in [0, 0.1) is 13.8 Å². The van der Waals surface area contributed by atoms with Gasteiger partial charge >= 0.3 is 0 Å². The van der Waals surface area contributed by atoms with Crippen molar-refractivity contribution in [1.82, 2.24) is 20.1 Å². The van der Waals surface area contributed by atoms with Crippen molar-refractivity contribution >= 4 is 11.3 Å². The van der Waals surface area contributed by atoms with E-state index in [4.69, 9.17) is 0 Å². The van der Waals surface area contributed by atoms with Gasteiger partial charge in [-0.1, -0.05) is 6.92 Å². The lowest BCUT2D eigenvalue weighted by Crippen LogP contribution is -2.24. The number of nitrogens with one attached hydrogen (secondary N) is 1. The van der Waals surface area contributed by atoms with Crippen LogP contribution in [0.2, 0.25) is 0 Å². The summed E-state index contributed by atoms with van der Waals surface area (Å²) in [5.74, 6) is 1.03. The van der Waals surface area contributed by atoms with Crippen molar-refractivity contribution in [3.8, 4) is 0 Å². The van der Waals surface area contributed by atoms with E-state index in [0.29, 0.717) is 6.04 Å². The van der Waals surface area contributed by atoms with Gasteiger partial charge in [0.2, 0.25) is 0 Å². The molecule has 2 heterocycles. The SMILES string of the molecule is CCCNC(Cc1ncnn1C)c1cc(C)c(C)s1. The molecule has 0 aliphatic carbocycles. The topological polar surface area (TPSA) is 42.7 Å². The van der Waals surface area contributed by atoms with Crippen molar-refractivity contribution in [3.63, 3.8) is 0 Å². The molecule has 0 spiro atoms. The van der Waals surface area contributed by atoms with Crippen LogP contribution < -0.4 is 5.32 Å². The summed E-state index contributed by atoms with van der Waals surface area (Å²) in [6.45, 7) is 7.58. The van der Waals surface area contributed by atoms with Crippen molar-refractivity contribution in [2.45, 2.75) is 39.7 Å². The molecule has 5 heteroatoms. The molecule has 0 aromatic carbocycles. The normalized spacial score (nSPS) is 12.8. The van der Waals surface area contributed by atoms with Gasteiger partial charge in [-0.2, -0.15) is 5.10 Å². The largest absolute Gasteiger partial charge is 0.309 e. The fourth-order valence-corrected chi connectivity index (χ4v) is 3.17. The van der Waals surface area contributed by atoms with E-state index in [1.807, 2.05) is 23.1 Å². The minimum absolute atomic E-state index is 0.334. The molecule has 0 radical (unpaired) electrons. The zero-order chi connectivity index (χ0) is 13.8. The van der Waals surface area contributed by atoms with Crippen LogP contribution in [0.4, 0.5) is 0 Å². The van der Waals surface area contributed by atoms with E-state index in [0.717, 1.165) is 25.2 Å². The molecular weight excluding hydrogens is 256 g/mol. The molecule has 0 aliphatic rings. The first-order valence-corrected chi connectivity index (χ1v) is 7.56. The maximum absolute atomic E-state index is 4.33. The Labute approximate surface area is 118 Å². The molecule has 2 rings (SSSR count). The summed E-state index contributed by atoms with van der Waals surface area (Å²) >= 11 is 1.88. The molecule has 0 aliphatic heterocycles. The van der Waals surface area contributed by atoms with Gasteiger partial charge in [-0.25, -0.2) is 4.98 Å². The predicted molar refractivity (Wildman–Crippen MR) is 79.5 cm³/mol. The monoisotopic (exact) mass is 278 g/mol. The number of rotatable bonds is 6. The number of hydrogen-bond donors (Lipinski definition) is 1. The second kappa shape index (κ2) is 6.30. The first-order valence-electron chi connectivity index (χ1n) is 6.75. The van der Waals surface area contributed by atoms with Crippen molar-refractivity contribution in [2.24, 2.45) is 7.05 Å². The molecule has 2 aromatic rings. The van der Waals surface area contributed by atoms with Gasteiger partial charge in [-0.15, -0.1) is 11.3 Å². The highest BCUT2D eigenvalue weighted by atomic mass is 32.1. The highest BCUT2D eigenvalue weighted by Crippen LogP contribution is 2.28. The van der Waals surface area contributed by atoms with Gasteiger partial charge in [0.1, 0.15) is 12.2 Å². The van der Waals surface area contributed by atoms with Crippen molar-refractivity contribution in [3.05, 3.63) is 33.5 Å². The van der Waals surface area contributed by atoms with Gasteiger partial charge < -0.3 is 5.32 Å². The van der Waals surface area contributed by atoms with Gasteiger partial charge in [0, 0.05) is 29.3 Å². The Hall–Kier alpha value is -1.20. The van der Waals surface area contributed by atoms with Gasteiger partial charge in [0.15, 0.2) is 0 Å². The molecule has 1 atom stereocenters. The molecule has 2 aromatic heterocycles. The second-order valence-electron chi connectivity index (χ2n) is 4.90. The lowest BCUT2D eigenvalue weighted by atomic mass is 10.1. The molecule has 104 valence electrons. The van der Waals surface area contributed by atoms with E-state index in [1.165, 1.54) is 15.3 Å². The minimum Gasteiger partial charge on any atom is -0.309 e. The molecule has 1 N–H and O–H groups in total. The molecule has 0 fully saturated rings. The number of aryl methyl sites for hydroxylation is 3. The van der Waals surface area contributed by atoms with Crippen LogP contribution >= 0.6 is 11.3 Å². The Morgan fingerprint density at radius 2 is 2.21 bits per heavy atom. The summed E-state index contributed by atoms with van der Waals surface area (Å²) in [7, 11) is 1.95. The minimum atomic E-state index is 0.334. The molecule has 0 amide bonds. The molecule has 0 bridgehead atoms. The van der Waals surface area contributed by atoms with E-state index in [2.05, 4.69) is 42.2 Å². The maximum atomic E-state index is 4.33. The Balaban J connectivity index is 2.18. The third-order valence-corrected chi connectivity index (χ3v) is 4.63. The van der Waals surface area contributed by atoms with E-state index >= 15 is 0 Å². The maximum Gasteiger partial charge on any atom is 0.138 e.